The first-order valence-corrected chi connectivity index (χ1v) is 4.32. The SMILES string of the molecule is COCCN(C)c1nccs1. The first-order valence-electron chi connectivity index (χ1n) is 3.44. The highest BCUT2D eigenvalue weighted by molar-refractivity contribution is 7.13. The van der Waals surface area contributed by atoms with E-state index in [2.05, 4.69) is 9.88 Å². The summed E-state index contributed by atoms with van der Waals surface area (Å²) in [6, 6.07) is 0. The molecule has 1 aromatic heterocycles. The highest BCUT2D eigenvalue weighted by Crippen LogP contribution is 2.14. The van der Waals surface area contributed by atoms with Gasteiger partial charge in [0.05, 0.1) is 6.61 Å². The molecule has 0 saturated heterocycles. The first-order chi connectivity index (χ1) is 5.34. The number of aromatic nitrogens is 1. The Balaban J connectivity index is 2.36. The molecule has 0 amide bonds. The summed E-state index contributed by atoms with van der Waals surface area (Å²) < 4.78 is 4.95. The number of methoxy groups -OCH3 is 1. The molecule has 4 heteroatoms. The number of likely N-dealkylation sites (N-methyl/N-ethyl adjacent to an activating group) is 1. The van der Waals surface area contributed by atoms with E-state index in [4.69, 9.17) is 4.74 Å². The zero-order chi connectivity index (χ0) is 8.10. The molecule has 0 aliphatic carbocycles. The van der Waals surface area contributed by atoms with Gasteiger partial charge in [-0.15, -0.1) is 11.3 Å². The van der Waals surface area contributed by atoms with Crippen LogP contribution in [-0.4, -0.2) is 32.3 Å². The van der Waals surface area contributed by atoms with Crippen LogP contribution in [0.2, 0.25) is 0 Å². The lowest BCUT2D eigenvalue weighted by molar-refractivity contribution is 0.206. The quantitative estimate of drug-likeness (QED) is 0.683. The van der Waals surface area contributed by atoms with Crippen LogP contribution in [-0.2, 0) is 4.74 Å². The van der Waals surface area contributed by atoms with Gasteiger partial charge < -0.3 is 9.64 Å². The van der Waals surface area contributed by atoms with Crippen molar-refractivity contribution in [3.05, 3.63) is 11.6 Å². The second-order valence-electron chi connectivity index (χ2n) is 2.23. The number of hydrogen-bond acceptors (Lipinski definition) is 4. The molecule has 0 unspecified atom stereocenters. The van der Waals surface area contributed by atoms with Crippen molar-refractivity contribution in [3.63, 3.8) is 0 Å². The molecule has 0 fully saturated rings. The van der Waals surface area contributed by atoms with Gasteiger partial charge in [-0.1, -0.05) is 0 Å². The summed E-state index contributed by atoms with van der Waals surface area (Å²) in [6.07, 6.45) is 1.81. The van der Waals surface area contributed by atoms with Gasteiger partial charge in [0.25, 0.3) is 0 Å². The minimum absolute atomic E-state index is 0.746. The zero-order valence-electron chi connectivity index (χ0n) is 6.78. The van der Waals surface area contributed by atoms with Crippen molar-refractivity contribution in [3.8, 4) is 0 Å². The van der Waals surface area contributed by atoms with Crippen LogP contribution in [0.25, 0.3) is 0 Å². The third-order valence-electron chi connectivity index (χ3n) is 1.38. The Morgan fingerprint density at radius 3 is 3.09 bits per heavy atom. The number of nitrogens with zero attached hydrogens (tertiary/aromatic N) is 2. The van der Waals surface area contributed by atoms with Crippen molar-refractivity contribution in [2.45, 2.75) is 0 Å². The second-order valence-corrected chi connectivity index (χ2v) is 3.10. The van der Waals surface area contributed by atoms with Crippen LogP contribution in [0.5, 0.6) is 0 Å². The number of thiazole rings is 1. The molecule has 0 aliphatic rings. The monoisotopic (exact) mass is 172 g/mol. The van der Waals surface area contributed by atoms with Gasteiger partial charge in [-0.25, -0.2) is 4.98 Å². The second kappa shape index (κ2) is 4.31. The number of hydrogen-bond donors (Lipinski definition) is 0. The highest BCUT2D eigenvalue weighted by atomic mass is 32.1. The molecular formula is C7H12N2OS. The van der Waals surface area contributed by atoms with E-state index in [1.165, 1.54) is 0 Å². The summed E-state index contributed by atoms with van der Waals surface area (Å²) in [4.78, 5) is 6.24. The predicted molar refractivity (Wildman–Crippen MR) is 47.3 cm³/mol. The van der Waals surface area contributed by atoms with Crippen molar-refractivity contribution in [1.82, 2.24) is 4.98 Å². The van der Waals surface area contributed by atoms with Crippen LogP contribution in [0.3, 0.4) is 0 Å². The standard InChI is InChI=1S/C7H12N2OS/c1-9(4-5-10-2)7-8-3-6-11-7/h3,6H,4-5H2,1-2H3. The van der Waals surface area contributed by atoms with Gasteiger partial charge in [0, 0.05) is 32.3 Å². The molecule has 1 aromatic rings. The normalized spacial score (nSPS) is 10.0. The van der Waals surface area contributed by atoms with Gasteiger partial charge in [-0.3, -0.25) is 0 Å². The lowest BCUT2D eigenvalue weighted by Gasteiger charge is -2.13. The van der Waals surface area contributed by atoms with Crippen molar-refractivity contribution in [2.24, 2.45) is 0 Å². The largest absolute Gasteiger partial charge is 0.383 e. The van der Waals surface area contributed by atoms with Gasteiger partial charge in [-0.2, -0.15) is 0 Å². The number of rotatable bonds is 4. The molecule has 0 saturated carbocycles. The third kappa shape index (κ3) is 2.48. The van der Waals surface area contributed by atoms with Gasteiger partial charge in [0.15, 0.2) is 5.13 Å². The average molecular weight is 172 g/mol. The van der Waals surface area contributed by atoms with Gasteiger partial charge in [-0.05, 0) is 0 Å². The van der Waals surface area contributed by atoms with E-state index in [1.807, 2.05) is 18.6 Å². The fourth-order valence-corrected chi connectivity index (χ4v) is 1.36. The Morgan fingerprint density at radius 1 is 1.73 bits per heavy atom. The van der Waals surface area contributed by atoms with E-state index in [1.54, 1.807) is 18.4 Å². The van der Waals surface area contributed by atoms with E-state index in [9.17, 15) is 0 Å². The van der Waals surface area contributed by atoms with Gasteiger partial charge >= 0.3 is 0 Å². The lowest BCUT2D eigenvalue weighted by atomic mass is 10.6. The van der Waals surface area contributed by atoms with Crippen molar-refractivity contribution in [1.29, 1.82) is 0 Å². The Kier molecular flexibility index (Phi) is 3.32. The van der Waals surface area contributed by atoms with Gasteiger partial charge in [0.1, 0.15) is 0 Å². The van der Waals surface area contributed by atoms with Crippen LogP contribution in [0, 0.1) is 0 Å². The van der Waals surface area contributed by atoms with Crippen molar-refractivity contribution >= 4 is 16.5 Å². The van der Waals surface area contributed by atoms with E-state index < -0.39 is 0 Å². The molecule has 1 rings (SSSR count). The van der Waals surface area contributed by atoms with Crippen molar-refractivity contribution < 1.29 is 4.74 Å². The van der Waals surface area contributed by atoms with E-state index in [0.29, 0.717) is 0 Å². The average Bonchev–Trinajstić information content (AvgIpc) is 2.52. The molecule has 0 spiro atoms. The minimum atomic E-state index is 0.746. The Hall–Kier alpha value is -0.610. The summed E-state index contributed by atoms with van der Waals surface area (Å²) in [7, 11) is 3.72. The Labute approximate surface area is 70.6 Å². The maximum absolute atomic E-state index is 4.95. The molecule has 0 N–H and O–H groups in total. The summed E-state index contributed by atoms with van der Waals surface area (Å²) in [5.41, 5.74) is 0. The van der Waals surface area contributed by atoms with Crippen LogP contribution in [0.4, 0.5) is 5.13 Å². The molecule has 0 aromatic carbocycles. The van der Waals surface area contributed by atoms with Crippen LogP contribution < -0.4 is 4.90 Å². The molecule has 1 heterocycles. The van der Waals surface area contributed by atoms with E-state index in [-0.39, 0.29) is 0 Å². The molecule has 0 atom stereocenters. The third-order valence-corrected chi connectivity index (χ3v) is 2.26. The smallest absolute Gasteiger partial charge is 0.185 e. The Bertz CT molecular complexity index is 188. The number of anilines is 1. The molecule has 0 bridgehead atoms. The highest BCUT2D eigenvalue weighted by Gasteiger charge is 2.00. The van der Waals surface area contributed by atoms with E-state index in [0.717, 1.165) is 18.3 Å². The molecule has 3 nitrogen and oxygen atoms in total. The molecule has 0 aliphatic heterocycles. The minimum Gasteiger partial charge on any atom is -0.383 e. The fraction of sp³-hybridized carbons (Fsp3) is 0.571. The van der Waals surface area contributed by atoms with Crippen LogP contribution in [0.15, 0.2) is 11.6 Å². The fourth-order valence-electron chi connectivity index (χ4n) is 0.728. The molecule has 11 heavy (non-hydrogen) atoms. The van der Waals surface area contributed by atoms with Crippen LogP contribution in [0.1, 0.15) is 0 Å². The lowest BCUT2D eigenvalue weighted by Crippen LogP contribution is -2.21. The maximum atomic E-state index is 4.95. The van der Waals surface area contributed by atoms with Gasteiger partial charge in [0.2, 0.25) is 0 Å². The summed E-state index contributed by atoms with van der Waals surface area (Å²) >= 11 is 1.64. The molecule has 62 valence electrons. The van der Waals surface area contributed by atoms with Crippen LogP contribution >= 0.6 is 11.3 Å². The topological polar surface area (TPSA) is 25.4 Å². The molecule has 0 radical (unpaired) electrons. The molecular weight excluding hydrogens is 160 g/mol. The first kappa shape index (κ1) is 8.49. The number of ether oxygens (including phenoxy) is 1. The summed E-state index contributed by atoms with van der Waals surface area (Å²) in [6.45, 7) is 1.64. The zero-order valence-corrected chi connectivity index (χ0v) is 7.60. The summed E-state index contributed by atoms with van der Waals surface area (Å²) in [5.74, 6) is 0. The Morgan fingerprint density at radius 2 is 2.55 bits per heavy atom. The predicted octanol–water partition coefficient (Wildman–Crippen LogP) is 1.23. The summed E-state index contributed by atoms with van der Waals surface area (Å²) in [5, 5.41) is 3.01. The van der Waals surface area contributed by atoms with E-state index >= 15 is 0 Å². The maximum Gasteiger partial charge on any atom is 0.185 e. The van der Waals surface area contributed by atoms with Crippen molar-refractivity contribution in [2.75, 3.05) is 32.2 Å².